The van der Waals surface area contributed by atoms with E-state index in [1.807, 2.05) is 26.0 Å². The predicted octanol–water partition coefficient (Wildman–Crippen LogP) is 0.510. The first kappa shape index (κ1) is 9.57. The molecule has 2 rings (SSSR count). The Labute approximate surface area is 87.2 Å². The Morgan fingerprint density at radius 1 is 1.33 bits per heavy atom. The van der Waals surface area contributed by atoms with E-state index in [1.54, 1.807) is 0 Å². The lowest BCUT2D eigenvalue weighted by Gasteiger charge is -1.99. The normalized spacial score (nSPS) is 10.5. The van der Waals surface area contributed by atoms with Gasteiger partial charge in [-0.05, 0) is 19.1 Å². The van der Waals surface area contributed by atoms with Gasteiger partial charge in [0.2, 0.25) is 5.95 Å². The van der Waals surface area contributed by atoms with Gasteiger partial charge in [-0.1, -0.05) is 6.92 Å². The lowest BCUT2D eigenvalue weighted by molar-refractivity contribution is 0.792. The first-order valence-corrected chi connectivity index (χ1v) is 4.73. The molecule has 2 N–H and O–H groups in total. The van der Waals surface area contributed by atoms with E-state index >= 15 is 0 Å². The first-order valence-electron chi connectivity index (χ1n) is 4.73. The molecule has 2 aromatic rings. The fourth-order valence-corrected chi connectivity index (χ4v) is 1.19. The number of hydrogen-bond donors (Lipinski definition) is 1. The van der Waals surface area contributed by atoms with E-state index in [4.69, 9.17) is 5.73 Å². The quantitative estimate of drug-likeness (QED) is 0.770. The van der Waals surface area contributed by atoms with Crippen molar-refractivity contribution in [2.75, 3.05) is 5.73 Å². The fourth-order valence-electron chi connectivity index (χ4n) is 1.19. The fraction of sp³-hybridized carbons (Fsp3) is 0.333. The van der Waals surface area contributed by atoms with Crippen LogP contribution in [-0.2, 0) is 6.42 Å². The minimum atomic E-state index is 0.338. The molecule has 0 unspecified atom stereocenters. The number of rotatable bonds is 2. The van der Waals surface area contributed by atoms with Crippen molar-refractivity contribution in [3.05, 3.63) is 23.7 Å². The smallest absolute Gasteiger partial charge is 0.225 e. The number of aromatic nitrogens is 5. The number of nitrogens with two attached hydrogens (primary N) is 1. The minimum Gasteiger partial charge on any atom is -0.368 e. The Balaban J connectivity index is 2.44. The number of nitrogens with zero attached hydrogens (tertiary/aromatic N) is 5. The highest BCUT2D eigenvalue weighted by molar-refractivity contribution is 5.30. The third kappa shape index (κ3) is 1.78. The maximum atomic E-state index is 5.71. The molecule has 0 atom stereocenters. The Hall–Kier alpha value is -1.98. The zero-order valence-corrected chi connectivity index (χ0v) is 8.68. The van der Waals surface area contributed by atoms with E-state index in [-0.39, 0.29) is 0 Å². The van der Waals surface area contributed by atoms with Crippen LogP contribution in [0.25, 0.3) is 5.82 Å². The molecule has 2 heterocycles. The van der Waals surface area contributed by atoms with Gasteiger partial charge in [0.1, 0.15) is 0 Å². The number of anilines is 1. The zero-order valence-electron chi connectivity index (χ0n) is 8.68. The standard InChI is InChI=1S/C9H12N6/c1-3-7-11-9(10)15(14-7)8-5-4-6(2)12-13-8/h4-5H,3H2,1-2H3,(H2,10,11,14). The summed E-state index contributed by atoms with van der Waals surface area (Å²) in [6.07, 6.45) is 0.747. The SMILES string of the molecule is CCc1nc(N)n(-c2ccc(C)nn2)n1. The molecule has 0 aromatic carbocycles. The Bertz CT molecular complexity index is 458. The summed E-state index contributed by atoms with van der Waals surface area (Å²) < 4.78 is 1.49. The molecule has 0 aliphatic heterocycles. The molecule has 6 heteroatoms. The molecule has 0 amide bonds. The lowest BCUT2D eigenvalue weighted by Crippen LogP contribution is -2.05. The Kier molecular flexibility index (Phi) is 2.32. The van der Waals surface area contributed by atoms with Crippen molar-refractivity contribution < 1.29 is 0 Å². The van der Waals surface area contributed by atoms with Crippen molar-refractivity contribution in [1.82, 2.24) is 25.0 Å². The largest absolute Gasteiger partial charge is 0.368 e. The highest BCUT2D eigenvalue weighted by atomic mass is 15.4. The van der Waals surface area contributed by atoms with Crippen molar-refractivity contribution >= 4 is 5.95 Å². The van der Waals surface area contributed by atoms with Crippen LogP contribution in [0.5, 0.6) is 0 Å². The second-order valence-electron chi connectivity index (χ2n) is 3.18. The van der Waals surface area contributed by atoms with Crippen LogP contribution < -0.4 is 5.73 Å². The summed E-state index contributed by atoms with van der Waals surface area (Å²) in [6.45, 7) is 3.85. The van der Waals surface area contributed by atoms with E-state index in [2.05, 4.69) is 20.3 Å². The van der Waals surface area contributed by atoms with E-state index < -0.39 is 0 Å². The van der Waals surface area contributed by atoms with Crippen molar-refractivity contribution in [3.63, 3.8) is 0 Å². The summed E-state index contributed by atoms with van der Waals surface area (Å²) >= 11 is 0. The van der Waals surface area contributed by atoms with Gasteiger partial charge >= 0.3 is 0 Å². The molecule has 0 aliphatic rings. The summed E-state index contributed by atoms with van der Waals surface area (Å²) in [4.78, 5) is 4.09. The van der Waals surface area contributed by atoms with Crippen LogP contribution in [0.4, 0.5) is 5.95 Å². The predicted molar refractivity (Wildman–Crippen MR) is 55.5 cm³/mol. The summed E-state index contributed by atoms with van der Waals surface area (Å²) in [6, 6.07) is 3.67. The maximum absolute atomic E-state index is 5.71. The molecule has 15 heavy (non-hydrogen) atoms. The molecule has 0 aliphatic carbocycles. The van der Waals surface area contributed by atoms with Gasteiger partial charge in [-0.15, -0.1) is 10.2 Å². The van der Waals surface area contributed by atoms with Crippen molar-refractivity contribution in [2.24, 2.45) is 0 Å². The molecule has 0 saturated carbocycles. The number of aryl methyl sites for hydroxylation is 2. The van der Waals surface area contributed by atoms with Crippen LogP contribution in [-0.4, -0.2) is 25.0 Å². The summed E-state index contributed by atoms with van der Waals surface area (Å²) in [5, 5.41) is 12.1. The molecular formula is C9H12N6. The third-order valence-corrected chi connectivity index (χ3v) is 1.99. The minimum absolute atomic E-state index is 0.338. The van der Waals surface area contributed by atoms with E-state index in [0.29, 0.717) is 17.6 Å². The van der Waals surface area contributed by atoms with Crippen LogP contribution in [0.3, 0.4) is 0 Å². The van der Waals surface area contributed by atoms with Gasteiger partial charge in [0.25, 0.3) is 0 Å². The van der Waals surface area contributed by atoms with Gasteiger partial charge in [-0.3, -0.25) is 0 Å². The molecule has 2 aromatic heterocycles. The van der Waals surface area contributed by atoms with E-state index in [9.17, 15) is 0 Å². The maximum Gasteiger partial charge on any atom is 0.225 e. The summed E-state index contributed by atoms with van der Waals surface area (Å²) in [5.74, 6) is 1.63. The molecule has 0 radical (unpaired) electrons. The average Bonchev–Trinajstić information content (AvgIpc) is 2.61. The van der Waals surface area contributed by atoms with Crippen molar-refractivity contribution in [1.29, 1.82) is 0 Å². The van der Waals surface area contributed by atoms with Crippen LogP contribution in [0.1, 0.15) is 18.4 Å². The Morgan fingerprint density at radius 2 is 2.13 bits per heavy atom. The van der Waals surface area contributed by atoms with Crippen LogP contribution >= 0.6 is 0 Å². The van der Waals surface area contributed by atoms with Crippen LogP contribution in [0.2, 0.25) is 0 Å². The molecule has 6 nitrogen and oxygen atoms in total. The molecule has 0 bridgehead atoms. The third-order valence-electron chi connectivity index (χ3n) is 1.99. The van der Waals surface area contributed by atoms with Gasteiger partial charge in [0.15, 0.2) is 11.6 Å². The second-order valence-corrected chi connectivity index (χ2v) is 3.18. The molecule has 0 fully saturated rings. The second kappa shape index (κ2) is 3.64. The van der Waals surface area contributed by atoms with Crippen molar-refractivity contribution in [3.8, 4) is 5.82 Å². The Morgan fingerprint density at radius 3 is 2.67 bits per heavy atom. The van der Waals surface area contributed by atoms with E-state index in [0.717, 1.165) is 12.1 Å². The van der Waals surface area contributed by atoms with Gasteiger partial charge in [-0.25, -0.2) is 0 Å². The number of hydrogen-bond acceptors (Lipinski definition) is 5. The van der Waals surface area contributed by atoms with Crippen LogP contribution in [0, 0.1) is 6.92 Å². The van der Waals surface area contributed by atoms with Gasteiger partial charge < -0.3 is 5.73 Å². The number of nitrogen functional groups attached to an aromatic ring is 1. The van der Waals surface area contributed by atoms with Crippen molar-refractivity contribution in [2.45, 2.75) is 20.3 Å². The van der Waals surface area contributed by atoms with Gasteiger partial charge in [-0.2, -0.15) is 14.8 Å². The molecule has 78 valence electrons. The molecule has 0 saturated heterocycles. The average molecular weight is 204 g/mol. The highest BCUT2D eigenvalue weighted by Crippen LogP contribution is 2.08. The lowest BCUT2D eigenvalue weighted by atomic mass is 10.4. The highest BCUT2D eigenvalue weighted by Gasteiger charge is 2.08. The van der Waals surface area contributed by atoms with E-state index in [1.165, 1.54) is 4.68 Å². The first-order chi connectivity index (χ1) is 7.20. The topological polar surface area (TPSA) is 82.5 Å². The molecule has 0 spiro atoms. The monoisotopic (exact) mass is 204 g/mol. The van der Waals surface area contributed by atoms with Crippen LogP contribution in [0.15, 0.2) is 12.1 Å². The van der Waals surface area contributed by atoms with Gasteiger partial charge in [0.05, 0.1) is 5.69 Å². The summed E-state index contributed by atoms with van der Waals surface area (Å²) in [5.41, 5.74) is 6.56. The summed E-state index contributed by atoms with van der Waals surface area (Å²) in [7, 11) is 0. The molecular weight excluding hydrogens is 192 g/mol. The van der Waals surface area contributed by atoms with Gasteiger partial charge in [0, 0.05) is 6.42 Å². The zero-order chi connectivity index (χ0) is 10.8.